The maximum Gasteiger partial charge on any atom is 0.387 e. The summed E-state index contributed by atoms with van der Waals surface area (Å²) < 4.78 is 33.6. The Bertz CT molecular complexity index is 502. The molecule has 0 unspecified atom stereocenters. The summed E-state index contributed by atoms with van der Waals surface area (Å²) >= 11 is 1.44. The number of alkyl halides is 2. The van der Waals surface area contributed by atoms with Gasteiger partial charge in [0.15, 0.2) is 0 Å². The number of thioether (sulfide) groups is 1. The number of hydrogen-bond acceptors (Lipinski definition) is 5. The Morgan fingerprint density at radius 1 is 1.28 bits per heavy atom. The Morgan fingerprint density at radius 2 is 2.00 bits per heavy atom. The van der Waals surface area contributed by atoms with Crippen LogP contribution >= 0.6 is 11.8 Å². The maximum absolute atomic E-state index is 12.0. The summed E-state index contributed by atoms with van der Waals surface area (Å²) in [6.07, 6.45) is 0. The molecule has 2 aromatic rings. The molecule has 0 amide bonds. The number of halogens is 2. The van der Waals surface area contributed by atoms with Gasteiger partial charge in [0, 0.05) is 5.56 Å². The van der Waals surface area contributed by atoms with Crippen molar-refractivity contribution in [1.82, 2.24) is 10.2 Å². The summed E-state index contributed by atoms with van der Waals surface area (Å²) in [6.45, 7) is -0.850. The standard InChI is InChI=1S/C11H10F2N2O2S/c1-2-18-11-15-14-9(17-11)7-3-5-8(6-4-7)16-10(12)13/h3-6,10H,2H2,1H3. The minimum Gasteiger partial charge on any atom is -0.435 e. The number of aromatic nitrogens is 2. The number of ether oxygens (including phenoxy) is 1. The van der Waals surface area contributed by atoms with Crippen LogP contribution in [0.3, 0.4) is 0 Å². The Kier molecular flexibility index (Phi) is 4.14. The van der Waals surface area contributed by atoms with E-state index in [0.717, 1.165) is 5.75 Å². The van der Waals surface area contributed by atoms with Crippen molar-refractivity contribution in [2.24, 2.45) is 0 Å². The van der Waals surface area contributed by atoms with Crippen molar-refractivity contribution < 1.29 is 17.9 Å². The van der Waals surface area contributed by atoms with Crippen LogP contribution in [0.5, 0.6) is 5.75 Å². The molecule has 0 fully saturated rings. The fourth-order valence-electron chi connectivity index (χ4n) is 1.29. The van der Waals surface area contributed by atoms with Crippen LogP contribution < -0.4 is 4.74 Å². The summed E-state index contributed by atoms with van der Waals surface area (Å²) in [6, 6.07) is 6.04. The van der Waals surface area contributed by atoms with Gasteiger partial charge in [0.25, 0.3) is 5.22 Å². The van der Waals surface area contributed by atoms with Crippen LogP contribution in [0.1, 0.15) is 6.92 Å². The number of benzene rings is 1. The van der Waals surface area contributed by atoms with Gasteiger partial charge in [-0.2, -0.15) is 8.78 Å². The Labute approximate surface area is 106 Å². The van der Waals surface area contributed by atoms with E-state index in [1.165, 1.54) is 23.9 Å². The van der Waals surface area contributed by atoms with Crippen molar-refractivity contribution in [3.8, 4) is 17.2 Å². The third-order valence-electron chi connectivity index (χ3n) is 2.00. The third kappa shape index (κ3) is 3.19. The second kappa shape index (κ2) is 5.81. The molecule has 0 N–H and O–H groups in total. The summed E-state index contributed by atoms with van der Waals surface area (Å²) in [5.74, 6) is 1.29. The number of hydrogen-bond donors (Lipinski definition) is 0. The molecule has 0 aliphatic rings. The maximum atomic E-state index is 12.0. The lowest BCUT2D eigenvalue weighted by Crippen LogP contribution is -2.01. The van der Waals surface area contributed by atoms with Crippen LogP contribution in [0.25, 0.3) is 11.5 Å². The lowest BCUT2D eigenvalue weighted by atomic mass is 10.2. The van der Waals surface area contributed by atoms with Gasteiger partial charge < -0.3 is 9.15 Å². The van der Waals surface area contributed by atoms with Crippen molar-refractivity contribution in [3.05, 3.63) is 24.3 Å². The Morgan fingerprint density at radius 3 is 2.61 bits per heavy atom. The van der Waals surface area contributed by atoms with Crippen LogP contribution in [0.15, 0.2) is 33.9 Å². The zero-order valence-corrected chi connectivity index (χ0v) is 10.3. The molecule has 1 aromatic heterocycles. The monoisotopic (exact) mass is 272 g/mol. The zero-order chi connectivity index (χ0) is 13.0. The number of nitrogens with zero attached hydrogens (tertiary/aromatic N) is 2. The minimum atomic E-state index is -2.83. The molecule has 7 heteroatoms. The topological polar surface area (TPSA) is 48.2 Å². The van der Waals surface area contributed by atoms with Gasteiger partial charge in [-0.05, 0) is 30.0 Å². The van der Waals surface area contributed by atoms with Gasteiger partial charge in [0.2, 0.25) is 5.89 Å². The lowest BCUT2D eigenvalue weighted by molar-refractivity contribution is -0.0498. The van der Waals surface area contributed by atoms with Crippen LogP contribution in [0.2, 0.25) is 0 Å². The van der Waals surface area contributed by atoms with E-state index in [1.54, 1.807) is 12.1 Å². The predicted molar refractivity (Wildman–Crippen MR) is 62.8 cm³/mol. The van der Waals surface area contributed by atoms with E-state index in [1.807, 2.05) is 6.92 Å². The number of rotatable bonds is 5. The van der Waals surface area contributed by atoms with Crippen LogP contribution in [-0.4, -0.2) is 22.6 Å². The van der Waals surface area contributed by atoms with E-state index in [-0.39, 0.29) is 5.75 Å². The molecule has 0 radical (unpaired) electrons. The van der Waals surface area contributed by atoms with Crippen molar-refractivity contribution in [3.63, 3.8) is 0 Å². The molecule has 0 aliphatic heterocycles. The Hall–Kier alpha value is -1.63. The van der Waals surface area contributed by atoms with Crippen molar-refractivity contribution >= 4 is 11.8 Å². The second-order valence-electron chi connectivity index (χ2n) is 3.21. The fraction of sp³-hybridized carbons (Fsp3) is 0.273. The lowest BCUT2D eigenvalue weighted by Gasteiger charge is -2.03. The summed E-state index contributed by atoms with van der Waals surface area (Å²) in [5.41, 5.74) is 0.659. The van der Waals surface area contributed by atoms with E-state index in [4.69, 9.17) is 4.42 Å². The highest BCUT2D eigenvalue weighted by atomic mass is 32.2. The fourth-order valence-corrected chi connectivity index (χ4v) is 1.77. The third-order valence-corrected chi connectivity index (χ3v) is 2.70. The van der Waals surface area contributed by atoms with Gasteiger partial charge in [-0.15, -0.1) is 10.2 Å². The smallest absolute Gasteiger partial charge is 0.387 e. The largest absolute Gasteiger partial charge is 0.435 e. The molecule has 0 atom stereocenters. The van der Waals surface area contributed by atoms with E-state index < -0.39 is 6.61 Å². The molecular weight excluding hydrogens is 262 g/mol. The average molecular weight is 272 g/mol. The molecule has 18 heavy (non-hydrogen) atoms. The summed E-state index contributed by atoms with van der Waals surface area (Å²) in [7, 11) is 0. The van der Waals surface area contributed by atoms with Crippen molar-refractivity contribution in [2.75, 3.05) is 5.75 Å². The normalized spacial score (nSPS) is 10.9. The molecule has 96 valence electrons. The van der Waals surface area contributed by atoms with E-state index in [2.05, 4.69) is 14.9 Å². The first kappa shape index (κ1) is 12.8. The van der Waals surface area contributed by atoms with E-state index >= 15 is 0 Å². The van der Waals surface area contributed by atoms with Gasteiger partial charge in [0.1, 0.15) is 5.75 Å². The highest BCUT2D eigenvalue weighted by Gasteiger charge is 2.09. The molecule has 0 aliphatic carbocycles. The molecule has 0 bridgehead atoms. The van der Waals surface area contributed by atoms with Gasteiger partial charge in [-0.3, -0.25) is 0 Å². The highest BCUT2D eigenvalue weighted by Crippen LogP contribution is 2.25. The van der Waals surface area contributed by atoms with Crippen molar-refractivity contribution in [1.29, 1.82) is 0 Å². The molecule has 1 aromatic carbocycles. The average Bonchev–Trinajstić information content (AvgIpc) is 2.78. The van der Waals surface area contributed by atoms with E-state index in [0.29, 0.717) is 16.7 Å². The van der Waals surface area contributed by atoms with Crippen LogP contribution in [-0.2, 0) is 0 Å². The van der Waals surface area contributed by atoms with Crippen molar-refractivity contribution in [2.45, 2.75) is 18.8 Å². The molecular formula is C11H10F2N2O2S. The predicted octanol–water partition coefficient (Wildman–Crippen LogP) is 3.45. The first-order valence-corrected chi connectivity index (χ1v) is 6.19. The van der Waals surface area contributed by atoms with Gasteiger partial charge in [-0.25, -0.2) is 0 Å². The van der Waals surface area contributed by atoms with Crippen LogP contribution in [0, 0.1) is 0 Å². The second-order valence-corrected chi connectivity index (χ2v) is 4.42. The summed E-state index contributed by atoms with van der Waals surface area (Å²) in [5, 5.41) is 8.20. The van der Waals surface area contributed by atoms with E-state index in [9.17, 15) is 8.78 Å². The first-order chi connectivity index (χ1) is 8.69. The molecule has 0 saturated carbocycles. The van der Waals surface area contributed by atoms with Gasteiger partial charge in [-0.1, -0.05) is 18.7 Å². The van der Waals surface area contributed by atoms with Gasteiger partial charge in [0.05, 0.1) is 0 Å². The molecule has 4 nitrogen and oxygen atoms in total. The molecule has 0 saturated heterocycles. The summed E-state index contributed by atoms with van der Waals surface area (Å²) in [4.78, 5) is 0. The highest BCUT2D eigenvalue weighted by molar-refractivity contribution is 7.99. The molecule has 2 rings (SSSR count). The molecule has 1 heterocycles. The zero-order valence-electron chi connectivity index (χ0n) is 9.47. The SMILES string of the molecule is CCSc1nnc(-c2ccc(OC(F)F)cc2)o1. The molecule has 0 spiro atoms. The Balaban J connectivity index is 2.12. The van der Waals surface area contributed by atoms with Crippen LogP contribution in [0.4, 0.5) is 8.78 Å². The minimum absolute atomic E-state index is 0.0939. The quantitative estimate of drug-likeness (QED) is 0.780. The van der Waals surface area contributed by atoms with Gasteiger partial charge >= 0.3 is 6.61 Å². The first-order valence-electron chi connectivity index (χ1n) is 5.20.